The number of aliphatic hydroxyl groups is 1. The van der Waals surface area contributed by atoms with Gasteiger partial charge in [0.1, 0.15) is 6.10 Å². The zero-order chi connectivity index (χ0) is 16.2. The van der Waals surface area contributed by atoms with Crippen molar-refractivity contribution in [3.63, 3.8) is 0 Å². The van der Waals surface area contributed by atoms with E-state index in [-0.39, 0.29) is 18.2 Å². The van der Waals surface area contributed by atoms with E-state index in [0.717, 1.165) is 19.3 Å². The third-order valence-electron chi connectivity index (χ3n) is 4.56. The van der Waals surface area contributed by atoms with Gasteiger partial charge in [0.05, 0.1) is 12.2 Å². The zero-order valence-corrected chi connectivity index (χ0v) is 14.4. The fourth-order valence-electron chi connectivity index (χ4n) is 3.06. The second-order valence-electron chi connectivity index (χ2n) is 6.49. The molecule has 3 unspecified atom stereocenters. The number of carbonyl (C=O) groups excluding carboxylic acids is 1. The van der Waals surface area contributed by atoms with Crippen molar-refractivity contribution in [3.8, 4) is 0 Å². The van der Waals surface area contributed by atoms with Crippen molar-refractivity contribution in [2.75, 3.05) is 7.11 Å². The summed E-state index contributed by atoms with van der Waals surface area (Å²) in [6.07, 6.45) is 11.5. The van der Waals surface area contributed by atoms with Gasteiger partial charge in [-0.1, -0.05) is 51.9 Å². The third kappa shape index (κ3) is 8.14. The summed E-state index contributed by atoms with van der Waals surface area (Å²) in [5.74, 6) is -0.161. The third-order valence-corrected chi connectivity index (χ3v) is 4.56. The summed E-state index contributed by atoms with van der Waals surface area (Å²) in [5.41, 5.74) is 0. The predicted molar refractivity (Wildman–Crippen MR) is 87.8 cm³/mol. The highest BCUT2D eigenvalue weighted by atomic mass is 16.6. The molecular weight excluding hydrogens is 280 g/mol. The molecule has 1 saturated carbocycles. The van der Waals surface area contributed by atoms with Gasteiger partial charge >= 0.3 is 5.97 Å². The highest BCUT2D eigenvalue weighted by molar-refractivity contribution is 5.69. The van der Waals surface area contributed by atoms with Crippen LogP contribution in [0.25, 0.3) is 0 Å². The van der Waals surface area contributed by atoms with Gasteiger partial charge in [0.15, 0.2) is 0 Å². The van der Waals surface area contributed by atoms with Crippen LogP contribution in [0.5, 0.6) is 0 Å². The standard InChI is InChI=1S/C18H34O4/c1-3-4-5-6-7-8-9-10-11-18(20)22-17-13-12-15(21-2)14-16(17)19/h15-17,19H,3-14H2,1-2H3. The number of carbonyl (C=O) groups is 1. The van der Waals surface area contributed by atoms with Gasteiger partial charge in [-0.05, 0) is 19.3 Å². The summed E-state index contributed by atoms with van der Waals surface area (Å²) < 4.78 is 10.7. The molecule has 0 aromatic carbocycles. The predicted octanol–water partition coefficient (Wildman–Crippen LogP) is 3.99. The van der Waals surface area contributed by atoms with Crippen LogP contribution in [0.15, 0.2) is 0 Å². The fourth-order valence-corrected chi connectivity index (χ4v) is 3.06. The van der Waals surface area contributed by atoms with Crippen LogP contribution in [0.1, 0.15) is 84.0 Å². The molecule has 0 spiro atoms. The SMILES string of the molecule is CCCCCCCCCCC(=O)OC1CCC(OC)CC1O. The van der Waals surface area contributed by atoms with Crippen LogP contribution < -0.4 is 0 Å². The molecule has 0 aliphatic heterocycles. The Labute approximate surface area is 135 Å². The number of hydrogen-bond donors (Lipinski definition) is 1. The lowest BCUT2D eigenvalue weighted by Crippen LogP contribution is -2.39. The highest BCUT2D eigenvalue weighted by Crippen LogP contribution is 2.24. The minimum absolute atomic E-state index is 0.0951. The van der Waals surface area contributed by atoms with Crippen LogP contribution in [0.2, 0.25) is 0 Å². The summed E-state index contributed by atoms with van der Waals surface area (Å²) in [5, 5.41) is 9.97. The van der Waals surface area contributed by atoms with Crippen molar-refractivity contribution in [1.29, 1.82) is 0 Å². The zero-order valence-electron chi connectivity index (χ0n) is 14.4. The molecule has 1 rings (SSSR count). The fraction of sp³-hybridized carbons (Fsp3) is 0.944. The quantitative estimate of drug-likeness (QED) is 0.463. The Morgan fingerprint density at radius 2 is 1.68 bits per heavy atom. The van der Waals surface area contributed by atoms with Crippen molar-refractivity contribution in [2.45, 2.75) is 102 Å². The number of unbranched alkanes of at least 4 members (excludes halogenated alkanes) is 7. The highest BCUT2D eigenvalue weighted by Gasteiger charge is 2.31. The molecule has 22 heavy (non-hydrogen) atoms. The lowest BCUT2D eigenvalue weighted by atomic mass is 9.92. The maximum atomic E-state index is 11.8. The number of aliphatic hydroxyl groups excluding tert-OH is 1. The van der Waals surface area contributed by atoms with E-state index in [1.165, 1.54) is 38.5 Å². The van der Waals surface area contributed by atoms with E-state index in [2.05, 4.69) is 6.92 Å². The Morgan fingerprint density at radius 3 is 2.27 bits per heavy atom. The first-order valence-electron chi connectivity index (χ1n) is 9.07. The Hall–Kier alpha value is -0.610. The van der Waals surface area contributed by atoms with E-state index in [1.54, 1.807) is 7.11 Å². The normalized spacial score (nSPS) is 25.1. The van der Waals surface area contributed by atoms with Gasteiger partial charge in [-0.3, -0.25) is 4.79 Å². The number of rotatable bonds is 11. The Bertz CT molecular complexity index is 293. The molecule has 0 radical (unpaired) electrons. The minimum atomic E-state index is -0.582. The molecule has 0 heterocycles. The molecule has 0 aromatic rings. The molecule has 1 N–H and O–H groups in total. The number of esters is 1. The summed E-state index contributed by atoms with van der Waals surface area (Å²) in [6, 6.07) is 0. The molecule has 0 amide bonds. The van der Waals surface area contributed by atoms with Gasteiger partial charge < -0.3 is 14.6 Å². The topological polar surface area (TPSA) is 55.8 Å². The Morgan fingerprint density at radius 1 is 1.05 bits per heavy atom. The van der Waals surface area contributed by atoms with E-state index in [4.69, 9.17) is 9.47 Å². The van der Waals surface area contributed by atoms with E-state index in [9.17, 15) is 9.90 Å². The minimum Gasteiger partial charge on any atom is -0.460 e. The summed E-state index contributed by atoms with van der Waals surface area (Å²) >= 11 is 0. The van der Waals surface area contributed by atoms with Gasteiger partial charge in [0.2, 0.25) is 0 Å². The van der Waals surface area contributed by atoms with Gasteiger partial charge in [-0.25, -0.2) is 0 Å². The van der Waals surface area contributed by atoms with Crippen LogP contribution in [0.3, 0.4) is 0 Å². The summed E-state index contributed by atoms with van der Waals surface area (Å²) in [6.45, 7) is 2.23. The second-order valence-corrected chi connectivity index (χ2v) is 6.49. The summed E-state index contributed by atoms with van der Waals surface area (Å²) in [7, 11) is 1.66. The largest absolute Gasteiger partial charge is 0.460 e. The van der Waals surface area contributed by atoms with E-state index in [0.29, 0.717) is 19.3 Å². The Kier molecular flexibility index (Phi) is 10.5. The number of ether oxygens (including phenoxy) is 2. The van der Waals surface area contributed by atoms with E-state index >= 15 is 0 Å². The van der Waals surface area contributed by atoms with Crippen molar-refractivity contribution in [3.05, 3.63) is 0 Å². The molecule has 1 aliphatic carbocycles. The van der Waals surface area contributed by atoms with Crippen LogP contribution in [0, 0.1) is 0 Å². The summed E-state index contributed by atoms with van der Waals surface area (Å²) in [4.78, 5) is 11.8. The van der Waals surface area contributed by atoms with Crippen molar-refractivity contribution in [2.24, 2.45) is 0 Å². The first kappa shape index (κ1) is 19.4. The lowest BCUT2D eigenvalue weighted by Gasteiger charge is -2.31. The maximum absolute atomic E-state index is 11.8. The molecule has 0 aromatic heterocycles. The Balaban J connectivity index is 2.01. The van der Waals surface area contributed by atoms with Gasteiger partial charge in [0.25, 0.3) is 0 Å². The van der Waals surface area contributed by atoms with Crippen LogP contribution in [0.4, 0.5) is 0 Å². The second kappa shape index (κ2) is 11.9. The number of hydrogen-bond acceptors (Lipinski definition) is 4. The van der Waals surface area contributed by atoms with Gasteiger partial charge in [0, 0.05) is 20.0 Å². The molecule has 130 valence electrons. The van der Waals surface area contributed by atoms with Crippen LogP contribution >= 0.6 is 0 Å². The average molecular weight is 314 g/mol. The van der Waals surface area contributed by atoms with E-state index in [1.807, 2.05) is 0 Å². The van der Waals surface area contributed by atoms with Crippen molar-refractivity contribution >= 4 is 5.97 Å². The van der Waals surface area contributed by atoms with Crippen molar-refractivity contribution < 1.29 is 19.4 Å². The maximum Gasteiger partial charge on any atom is 0.306 e. The number of methoxy groups -OCH3 is 1. The monoisotopic (exact) mass is 314 g/mol. The van der Waals surface area contributed by atoms with Gasteiger partial charge in [-0.2, -0.15) is 0 Å². The molecular formula is C18H34O4. The first-order chi connectivity index (χ1) is 10.7. The molecule has 0 saturated heterocycles. The van der Waals surface area contributed by atoms with Gasteiger partial charge in [-0.15, -0.1) is 0 Å². The molecule has 0 bridgehead atoms. The first-order valence-corrected chi connectivity index (χ1v) is 9.07. The molecule has 1 aliphatic rings. The van der Waals surface area contributed by atoms with Crippen LogP contribution in [-0.4, -0.2) is 36.5 Å². The van der Waals surface area contributed by atoms with E-state index < -0.39 is 6.10 Å². The smallest absolute Gasteiger partial charge is 0.306 e. The molecule has 1 fully saturated rings. The molecule has 4 heteroatoms. The average Bonchev–Trinajstić information content (AvgIpc) is 2.52. The van der Waals surface area contributed by atoms with Crippen molar-refractivity contribution in [1.82, 2.24) is 0 Å². The molecule has 4 nitrogen and oxygen atoms in total. The molecule has 3 atom stereocenters. The lowest BCUT2D eigenvalue weighted by molar-refractivity contribution is -0.161. The van der Waals surface area contributed by atoms with Crippen LogP contribution in [-0.2, 0) is 14.3 Å².